The molecule has 0 bridgehead atoms. The van der Waals surface area contributed by atoms with Gasteiger partial charge in [-0.15, -0.1) is 0 Å². The summed E-state index contributed by atoms with van der Waals surface area (Å²) >= 11 is 0. The van der Waals surface area contributed by atoms with Crippen molar-refractivity contribution in [1.82, 2.24) is 4.90 Å². The minimum Gasteiger partial charge on any atom is -0.454 e. The third-order valence-electron chi connectivity index (χ3n) is 6.45. The Balaban J connectivity index is 1.35. The standard InChI is InChI=1S/C23H25FN2O3/c1-23(2)12-16-13-25(22(27)15-3-8-20-21(11-15)29-14-28-20)10-9-19(16)26(23)18-6-4-17(24)5-7-18/h3-8,11,16,19H,9-10,12-14H2,1-2H3/t16-,19+/m1/s1. The summed E-state index contributed by atoms with van der Waals surface area (Å²) < 4.78 is 24.2. The number of fused-ring (bicyclic) bond motifs is 2. The van der Waals surface area contributed by atoms with Crippen molar-refractivity contribution in [3.63, 3.8) is 0 Å². The Morgan fingerprint density at radius 2 is 1.86 bits per heavy atom. The number of hydrogen-bond acceptors (Lipinski definition) is 4. The zero-order chi connectivity index (χ0) is 20.2. The fraction of sp³-hybridized carbons (Fsp3) is 0.435. The maximum atomic E-state index is 13.4. The van der Waals surface area contributed by atoms with E-state index in [-0.39, 0.29) is 24.1 Å². The highest BCUT2D eigenvalue weighted by Gasteiger charge is 2.48. The van der Waals surface area contributed by atoms with Crippen molar-refractivity contribution in [1.29, 1.82) is 0 Å². The van der Waals surface area contributed by atoms with Crippen molar-refractivity contribution in [3.8, 4) is 11.5 Å². The van der Waals surface area contributed by atoms with E-state index in [4.69, 9.17) is 9.47 Å². The summed E-state index contributed by atoms with van der Waals surface area (Å²) in [6.07, 6.45) is 1.90. The zero-order valence-corrected chi connectivity index (χ0v) is 16.7. The van der Waals surface area contributed by atoms with Crippen molar-refractivity contribution < 1.29 is 18.7 Å². The summed E-state index contributed by atoms with van der Waals surface area (Å²) in [5, 5.41) is 0. The maximum Gasteiger partial charge on any atom is 0.254 e. The molecule has 1 amide bonds. The lowest BCUT2D eigenvalue weighted by Gasteiger charge is -2.42. The minimum absolute atomic E-state index is 0.0367. The van der Waals surface area contributed by atoms with E-state index >= 15 is 0 Å². The third kappa shape index (κ3) is 3.11. The van der Waals surface area contributed by atoms with Crippen molar-refractivity contribution in [2.75, 3.05) is 24.8 Å². The van der Waals surface area contributed by atoms with Gasteiger partial charge < -0.3 is 19.3 Å². The molecule has 2 atom stereocenters. The van der Waals surface area contributed by atoms with E-state index in [9.17, 15) is 9.18 Å². The predicted octanol–water partition coefficient (Wildman–Crippen LogP) is 4.07. The van der Waals surface area contributed by atoms with Crippen molar-refractivity contribution in [3.05, 3.63) is 53.8 Å². The molecule has 6 heteroatoms. The summed E-state index contributed by atoms with van der Waals surface area (Å²) in [4.78, 5) is 17.5. The number of anilines is 1. The molecular weight excluding hydrogens is 371 g/mol. The molecule has 0 radical (unpaired) electrons. The Labute approximate surface area is 170 Å². The van der Waals surface area contributed by atoms with Crippen molar-refractivity contribution >= 4 is 11.6 Å². The number of rotatable bonds is 2. The van der Waals surface area contributed by atoms with Crippen molar-refractivity contribution in [2.45, 2.75) is 38.3 Å². The summed E-state index contributed by atoms with van der Waals surface area (Å²) in [6, 6.07) is 12.5. The van der Waals surface area contributed by atoms with Gasteiger partial charge in [-0.2, -0.15) is 0 Å². The van der Waals surface area contributed by atoms with E-state index in [0.29, 0.717) is 35.6 Å². The molecular formula is C23H25FN2O3. The van der Waals surface area contributed by atoms with Gasteiger partial charge in [0.2, 0.25) is 6.79 Å². The van der Waals surface area contributed by atoms with E-state index < -0.39 is 0 Å². The number of likely N-dealkylation sites (tertiary alicyclic amines) is 1. The first-order chi connectivity index (χ1) is 13.9. The molecule has 29 heavy (non-hydrogen) atoms. The average Bonchev–Trinajstić information content (AvgIpc) is 3.27. The van der Waals surface area contributed by atoms with Crippen LogP contribution in [0.1, 0.15) is 37.0 Å². The van der Waals surface area contributed by atoms with Gasteiger partial charge in [0.1, 0.15) is 5.82 Å². The van der Waals surface area contributed by atoms with Gasteiger partial charge in [0.05, 0.1) is 0 Å². The first-order valence-corrected chi connectivity index (χ1v) is 10.2. The van der Waals surface area contributed by atoms with Crippen LogP contribution in [0.5, 0.6) is 11.5 Å². The number of carbonyl (C=O) groups excluding carboxylic acids is 1. The Kier molecular flexibility index (Phi) is 4.19. The highest BCUT2D eigenvalue weighted by atomic mass is 19.1. The van der Waals surface area contributed by atoms with Gasteiger partial charge in [0, 0.05) is 35.9 Å². The molecule has 3 aliphatic rings. The van der Waals surface area contributed by atoms with Gasteiger partial charge in [0.15, 0.2) is 11.5 Å². The van der Waals surface area contributed by atoms with Gasteiger partial charge in [-0.25, -0.2) is 4.39 Å². The molecule has 2 saturated heterocycles. The zero-order valence-electron chi connectivity index (χ0n) is 16.7. The van der Waals surface area contributed by atoms with E-state index in [2.05, 4.69) is 18.7 Å². The van der Waals surface area contributed by atoms with Crippen LogP contribution in [-0.4, -0.2) is 42.3 Å². The Bertz CT molecular complexity index is 944. The second-order valence-electron chi connectivity index (χ2n) is 8.80. The summed E-state index contributed by atoms with van der Waals surface area (Å²) in [5.41, 5.74) is 1.66. The number of amides is 1. The average molecular weight is 396 g/mol. The lowest BCUT2D eigenvalue weighted by Crippen LogP contribution is -2.50. The second kappa shape index (κ2) is 6.65. The van der Waals surface area contributed by atoms with Crippen LogP contribution in [0.3, 0.4) is 0 Å². The molecule has 0 spiro atoms. The minimum atomic E-state index is -0.216. The SMILES string of the molecule is CC1(C)C[C@@H]2CN(C(=O)c3ccc4c(c3)OCO4)CC[C@@H]2N1c1ccc(F)cc1. The van der Waals surface area contributed by atoms with Crippen LogP contribution in [0.2, 0.25) is 0 Å². The molecule has 0 unspecified atom stereocenters. The first kappa shape index (κ1) is 18.3. The number of nitrogens with zero attached hydrogens (tertiary/aromatic N) is 2. The van der Waals surface area contributed by atoms with Crippen LogP contribution < -0.4 is 14.4 Å². The summed E-state index contributed by atoms with van der Waals surface area (Å²) in [7, 11) is 0. The van der Waals surface area contributed by atoms with E-state index in [0.717, 1.165) is 25.1 Å². The smallest absolute Gasteiger partial charge is 0.254 e. The Morgan fingerprint density at radius 3 is 2.66 bits per heavy atom. The van der Waals surface area contributed by atoms with Gasteiger partial charge >= 0.3 is 0 Å². The van der Waals surface area contributed by atoms with Gasteiger partial charge in [-0.3, -0.25) is 4.79 Å². The molecule has 0 aliphatic carbocycles. The predicted molar refractivity (Wildman–Crippen MR) is 108 cm³/mol. The number of piperidine rings is 1. The van der Waals surface area contributed by atoms with Gasteiger partial charge in [-0.1, -0.05) is 0 Å². The molecule has 3 heterocycles. The largest absolute Gasteiger partial charge is 0.454 e. The highest BCUT2D eigenvalue weighted by molar-refractivity contribution is 5.95. The highest BCUT2D eigenvalue weighted by Crippen LogP contribution is 2.45. The quantitative estimate of drug-likeness (QED) is 0.767. The number of carbonyl (C=O) groups is 1. The van der Waals surface area contributed by atoms with Gasteiger partial charge in [-0.05, 0) is 75.1 Å². The molecule has 5 rings (SSSR count). The molecule has 0 N–H and O–H groups in total. The van der Waals surface area contributed by atoms with E-state index in [1.807, 2.05) is 23.1 Å². The van der Waals surface area contributed by atoms with Gasteiger partial charge in [0.25, 0.3) is 5.91 Å². The topological polar surface area (TPSA) is 42.0 Å². The molecule has 2 aromatic carbocycles. The van der Waals surface area contributed by atoms with Crippen LogP contribution in [0.25, 0.3) is 0 Å². The van der Waals surface area contributed by atoms with Crippen molar-refractivity contribution in [2.24, 2.45) is 5.92 Å². The lowest BCUT2D eigenvalue weighted by molar-refractivity contribution is 0.0667. The number of halogens is 1. The molecule has 152 valence electrons. The molecule has 3 aliphatic heterocycles. The second-order valence-corrected chi connectivity index (χ2v) is 8.80. The number of benzene rings is 2. The van der Waals surface area contributed by atoms with Crippen LogP contribution in [-0.2, 0) is 0 Å². The lowest BCUT2D eigenvalue weighted by atomic mass is 9.89. The Hall–Kier alpha value is -2.76. The van der Waals surface area contributed by atoms with Crippen LogP contribution >= 0.6 is 0 Å². The van der Waals surface area contributed by atoms with Crippen LogP contribution in [0.4, 0.5) is 10.1 Å². The van der Waals surface area contributed by atoms with Crippen LogP contribution in [0.15, 0.2) is 42.5 Å². The van der Waals surface area contributed by atoms with Crippen LogP contribution in [0, 0.1) is 11.7 Å². The summed E-state index contributed by atoms with van der Waals surface area (Å²) in [6.45, 7) is 6.12. The normalized spacial score (nSPS) is 24.5. The monoisotopic (exact) mass is 396 g/mol. The molecule has 0 aromatic heterocycles. The molecule has 2 fully saturated rings. The molecule has 2 aromatic rings. The maximum absolute atomic E-state index is 13.4. The Morgan fingerprint density at radius 1 is 1.10 bits per heavy atom. The fourth-order valence-corrected chi connectivity index (χ4v) is 5.29. The molecule has 0 saturated carbocycles. The molecule has 5 nitrogen and oxygen atoms in total. The fourth-order valence-electron chi connectivity index (χ4n) is 5.29. The van der Waals surface area contributed by atoms with E-state index in [1.165, 1.54) is 12.1 Å². The number of ether oxygens (including phenoxy) is 2. The first-order valence-electron chi connectivity index (χ1n) is 10.2. The summed E-state index contributed by atoms with van der Waals surface area (Å²) in [5.74, 6) is 1.54. The van der Waals surface area contributed by atoms with E-state index in [1.54, 1.807) is 12.1 Å². The third-order valence-corrected chi connectivity index (χ3v) is 6.45. The number of hydrogen-bond donors (Lipinski definition) is 0.